The van der Waals surface area contributed by atoms with Gasteiger partial charge in [-0.1, -0.05) is 18.2 Å². The Morgan fingerprint density at radius 1 is 1.15 bits per heavy atom. The fourth-order valence-corrected chi connectivity index (χ4v) is 2.27. The molecule has 0 saturated carbocycles. The number of rotatable bonds is 4. The molecular formula is C16H17F2NO. The average molecular weight is 277 g/mol. The first-order valence-electron chi connectivity index (χ1n) is 6.41. The Labute approximate surface area is 117 Å². The van der Waals surface area contributed by atoms with Gasteiger partial charge >= 0.3 is 0 Å². The SMILES string of the molecule is C[C@@H](O)c1c(F)cccc1N(C)Cc1cccc(F)c1. The molecule has 0 heterocycles. The molecule has 0 amide bonds. The number of hydrogen-bond donors (Lipinski definition) is 1. The maximum absolute atomic E-state index is 13.8. The third kappa shape index (κ3) is 3.14. The molecule has 0 spiro atoms. The van der Waals surface area contributed by atoms with Crippen molar-refractivity contribution in [1.29, 1.82) is 0 Å². The summed E-state index contributed by atoms with van der Waals surface area (Å²) in [5.41, 5.74) is 1.64. The largest absolute Gasteiger partial charge is 0.389 e. The van der Waals surface area contributed by atoms with E-state index in [2.05, 4.69) is 0 Å². The average Bonchev–Trinajstić information content (AvgIpc) is 2.37. The standard InChI is InChI=1S/C16H17F2NO/c1-11(20)16-14(18)7-4-8-15(16)19(2)10-12-5-3-6-13(17)9-12/h3-9,11,20H,10H2,1-2H3/t11-/m1/s1. The molecule has 0 aromatic heterocycles. The van der Waals surface area contributed by atoms with Crippen LogP contribution in [0.15, 0.2) is 42.5 Å². The van der Waals surface area contributed by atoms with Crippen LogP contribution in [0.5, 0.6) is 0 Å². The molecule has 0 unspecified atom stereocenters. The summed E-state index contributed by atoms with van der Waals surface area (Å²) in [5, 5.41) is 9.72. The van der Waals surface area contributed by atoms with Crippen molar-refractivity contribution >= 4 is 5.69 Å². The van der Waals surface area contributed by atoms with Crippen LogP contribution < -0.4 is 4.90 Å². The number of aliphatic hydroxyl groups is 1. The fraction of sp³-hybridized carbons (Fsp3) is 0.250. The van der Waals surface area contributed by atoms with Crippen molar-refractivity contribution in [1.82, 2.24) is 0 Å². The van der Waals surface area contributed by atoms with Crippen molar-refractivity contribution in [3.05, 3.63) is 65.2 Å². The van der Waals surface area contributed by atoms with Gasteiger partial charge in [0.25, 0.3) is 0 Å². The fourth-order valence-electron chi connectivity index (χ4n) is 2.27. The maximum Gasteiger partial charge on any atom is 0.131 e. The number of benzene rings is 2. The molecule has 2 aromatic carbocycles. The van der Waals surface area contributed by atoms with E-state index < -0.39 is 11.9 Å². The topological polar surface area (TPSA) is 23.5 Å². The number of aliphatic hydroxyl groups excluding tert-OH is 1. The van der Waals surface area contributed by atoms with E-state index in [4.69, 9.17) is 0 Å². The minimum atomic E-state index is -0.902. The third-order valence-corrected chi connectivity index (χ3v) is 3.17. The van der Waals surface area contributed by atoms with E-state index in [-0.39, 0.29) is 11.4 Å². The zero-order valence-corrected chi connectivity index (χ0v) is 11.5. The first-order chi connectivity index (χ1) is 9.49. The molecule has 2 nitrogen and oxygen atoms in total. The number of halogens is 2. The Hall–Kier alpha value is -1.94. The van der Waals surface area contributed by atoms with Gasteiger partial charge in [-0.15, -0.1) is 0 Å². The summed E-state index contributed by atoms with van der Waals surface area (Å²) in [4.78, 5) is 1.79. The molecule has 2 aromatic rings. The van der Waals surface area contributed by atoms with E-state index in [1.54, 1.807) is 36.2 Å². The van der Waals surface area contributed by atoms with Crippen molar-refractivity contribution in [2.45, 2.75) is 19.6 Å². The van der Waals surface area contributed by atoms with Crippen molar-refractivity contribution in [3.63, 3.8) is 0 Å². The Kier molecular flexibility index (Phi) is 4.35. The van der Waals surface area contributed by atoms with Crippen LogP contribution in [-0.4, -0.2) is 12.2 Å². The molecule has 4 heteroatoms. The highest BCUT2D eigenvalue weighted by Gasteiger charge is 2.16. The molecule has 20 heavy (non-hydrogen) atoms. The number of anilines is 1. The van der Waals surface area contributed by atoms with E-state index in [1.165, 1.54) is 25.1 Å². The Balaban J connectivity index is 2.30. The molecule has 1 atom stereocenters. The van der Waals surface area contributed by atoms with Crippen LogP contribution in [0, 0.1) is 11.6 Å². The Morgan fingerprint density at radius 2 is 1.85 bits per heavy atom. The van der Waals surface area contributed by atoms with E-state index in [9.17, 15) is 13.9 Å². The van der Waals surface area contributed by atoms with Crippen molar-refractivity contribution in [3.8, 4) is 0 Å². The van der Waals surface area contributed by atoms with Gasteiger partial charge in [-0.2, -0.15) is 0 Å². The molecule has 0 fully saturated rings. The maximum atomic E-state index is 13.8. The van der Waals surface area contributed by atoms with E-state index >= 15 is 0 Å². The quantitative estimate of drug-likeness (QED) is 0.922. The van der Waals surface area contributed by atoms with E-state index in [1.807, 2.05) is 0 Å². The summed E-state index contributed by atoms with van der Waals surface area (Å²) in [5.74, 6) is -0.741. The van der Waals surface area contributed by atoms with Crippen LogP contribution in [0.2, 0.25) is 0 Å². The second-order valence-electron chi connectivity index (χ2n) is 4.83. The van der Waals surface area contributed by atoms with Crippen LogP contribution >= 0.6 is 0 Å². The van der Waals surface area contributed by atoms with Gasteiger partial charge in [0, 0.05) is 24.8 Å². The summed E-state index contributed by atoms with van der Waals surface area (Å²) in [6.07, 6.45) is -0.902. The Bertz CT molecular complexity index is 599. The van der Waals surface area contributed by atoms with Crippen LogP contribution in [0.1, 0.15) is 24.2 Å². The van der Waals surface area contributed by atoms with Crippen LogP contribution in [0.25, 0.3) is 0 Å². The highest BCUT2D eigenvalue weighted by Crippen LogP contribution is 2.29. The lowest BCUT2D eigenvalue weighted by atomic mass is 10.1. The van der Waals surface area contributed by atoms with Crippen molar-refractivity contribution in [2.24, 2.45) is 0 Å². The molecule has 0 aliphatic heterocycles. The van der Waals surface area contributed by atoms with Gasteiger partial charge in [-0.05, 0) is 36.8 Å². The van der Waals surface area contributed by atoms with Gasteiger partial charge in [0.2, 0.25) is 0 Å². The smallest absolute Gasteiger partial charge is 0.131 e. The Morgan fingerprint density at radius 3 is 2.50 bits per heavy atom. The molecule has 106 valence electrons. The molecule has 0 radical (unpaired) electrons. The van der Waals surface area contributed by atoms with Gasteiger partial charge in [0.15, 0.2) is 0 Å². The minimum absolute atomic E-state index is 0.256. The molecule has 0 aliphatic carbocycles. The van der Waals surface area contributed by atoms with Crippen molar-refractivity contribution in [2.75, 3.05) is 11.9 Å². The predicted octanol–water partition coefficient (Wildman–Crippen LogP) is 3.65. The highest BCUT2D eigenvalue weighted by atomic mass is 19.1. The van der Waals surface area contributed by atoms with Crippen molar-refractivity contribution < 1.29 is 13.9 Å². The summed E-state index contributed by atoms with van der Waals surface area (Å²) in [7, 11) is 1.78. The highest BCUT2D eigenvalue weighted by molar-refractivity contribution is 5.55. The number of hydrogen-bond acceptors (Lipinski definition) is 2. The van der Waals surface area contributed by atoms with Crippen LogP contribution in [0.3, 0.4) is 0 Å². The lowest BCUT2D eigenvalue weighted by Crippen LogP contribution is -2.19. The lowest BCUT2D eigenvalue weighted by molar-refractivity contribution is 0.194. The van der Waals surface area contributed by atoms with Crippen LogP contribution in [0.4, 0.5) is 14.5 Å². The first kappa shape index (κ1) is 14.5. The van der Waals surface area contributed by atoms with Gasteiger partial charge < -0.3 is 10.0 Å². The molecular weight excluding hydrogens is 260 g/mol. The van der Waals surface area contributed by atoms with Gasteiger partial charge in [0.05, 0.1) is 6.10 Å². The second kappa shape index (κ2) is 6.01. The summed E-state index contributed by atoms with van der Waals surface area (Å²) in [6.45, 7) is 1.96. The third-order valence-electron chi connectivity index (χ3n) is 3.17. The predicted molar refractivity (Wildman–Crippen MR) is 75.5 cm³/mol. The molecule has 0 bridgehead atoms. The minimum Gasteiger partial charge on any atom is -0.389 e. The summed E-state index contributed by atoms with van der Waals surface area (Å²) in [6, 6.07) is 10.9. The monoisotopic (exact) mass is 277 g/mol. The van der Waals surface area contributed by atoms with Gasteiger partial charge in [-0.25, -0.2) is 8.78 Å². The molecule has 2 rings (SSSR count). The lowest BCUT2D eigenvalue weighted by Gasteiger charge is -2.24. The van der Waals surface area contributed by atoms with E-state index in [0.717, 1.165) is 5.56 Å². The zero-order valence-electron chi connectivity index (χ0n) is 11.5. The molecule has 1 N–H and O–H groups in total. The second-order valence-corrected chi connectivity index (χ2v) is 4.83. The molecule has 0 saturated heterocycles. The normalized spacial score (nSPS) is 12.2. The molecule has 0 aliphatic rings. The number of nitrogens with zero attached hydrogens (tertiary/aromatic N) is 1. The van der Waals surface area contributed by atoms with Crippen LogP contribution in [-0.2, 0) is 6.54 Å². The van der Waals surface area contributed by atoms with Gasteiger partial charge in [-0.3, -0.25) is 0 Å². The first-order valence-corrected chi connectivity index (χ1v) is 6.41. The summed E-state index contributed by atoms with van der Waals surface area (Å²) >= 11 is 0. The summed E-state index contributed by atoms with van der Waals surface area (Å²) < 4.78 is 27.0. The zero-order chi connectivity index (χ0) is 14.7. The van der Waals surface area contributed by atoms with Gasteiger partial charge in [0.1, 0.15) is 11.6 Å². The van der Waals surface area contributed by atoms with E-state index in [0.29, 0.717) is 12.2 Å².